The zero-order valence-electron chi connectivity index (χ0n) is 24.1. The van der Waals surface area contributed by atoms with Crippen LogP contribution in [0.1, 0.15) is 75.5 Å². The van der Waals surface area contributed by atoms with E-state index in [-0.39, 0.29) is 28.9 Å². The van der Waals surface area contributed by atoms with Crippen LogP contribution in [-0.2, 0) is 0 Å². The summed E-state index contributed by atoms with van der Waals surface area (Å²) in [6.07, 6.45) is 4.26. The number of ether oxygens (including phenoxy) is 1. The highest BCUT2D eigenvalue weighted by atomic mass is 19.3. The standard InChI is InChI=1S/C31H36F4N6O/c1-18(2)41-17-31(34,35)42-29-23(32)14-21(15-25(29)41)28-24(33)16-36-30(39-28)38-26-9-8-22(19-10-12-40(3)13-11-19)27(37-26)20-6-4-5-7-20/h8-9,14-16,18-20H,4-7,10-13,17H2,1-3H3,(H,36,37,38,39). The van der Waals surface area contributed by atoms with E-state index in [1.807, 2.05) is 6.07 Å². The normalized spacial score (nSPS) is 19.7. The Bertz CT molecular complexity index is 1450. The summed E-state index contributed by atoms with van der Waals surface area (Å²) in [6.45, 7) is 4.81. The van der Waals surface area contributed by atoms with Crippen LogP contribution in [-0.4, -0.2) is 58.7 Å². The van der Waals surface area contributed by atoms with Crippen molar-refractivity contribution in [3.05, 3.63) is 53.4 Å². The predicted molar refractivity (Wildman–Crippen MR) is 154 cm³/mol. The minimum Gasteiger partial charge on any atom is -0.426 e. The summed E-state index contributed by atoms with van der Waals surface area (Å²) >= 11 is 0. The zero-order chi connectivity index (χ0) is 29.6. The Balaban J connectivity index is 1.32. The molecule has 1 aliphatic carbocycles. The molecule has 0 bridgehead atoms. The van der Waals surface area contributed by atoms with Crippen molar-refractivity contribution >= 4 is 17.5 Å². The van der Waals surface area contributed by atoms with E-state index in [1.54, 1.807) is 13.8 Å². The van der Waals surface area contributed by atoms with E-state index in [0.717, 1.165) is 56.7 Å². The number of aromatic nitrogens is 3. The summed E-state index contributed by atoms with van der Waals surface area (Å²) < 4.78 is 63.1. The van der Waals surface area contributed by atoms with Crippen LogP contribution >= 0.6 is 0 Å². The van der Waals surface area contributed by atoms with Gasteiger partial charge in [-0.3, -0.25) is 0 Å². The Hall–Kier alpha value is -3.47. The van der Waals surface area contributed by atoms with Gasteiger partial charge in [0.1, 0.15) is 18.1 Å². The second kappa shape index (κ2) is 11.3. The van der Waals surface area contributed by atoms with Crippen LogP contribution in [0.5, 0.6) is 5.75 Å². The molecule has 1 aromatic carbocycles. The lowest BCUT2D eigenvalue weighted by Crippen LogP contribution is -2.48. The van der Waals surface area contributed by atoms with Crippen LogP contribution in [0, 0.1) is 11.6 Å². The second-order valence-corrected chi connectivity index (χ2v) is 12.0. The van der Waals surface area contributed by atoms with Crippen molar-refractivity contribution < 1.29 is 22.3 Å². The fraction of sp³-hybridized carbons (Fsp3) is 0.516. The molecular formula is C31H36F4N6O. The molecule has 1 N–H and O–H groups in total. The van der Waals surface area contributed by atoms with Gasteiger partial charge in [0, 0.05) is 23.2 Å². The number of pyridine rings is 1. The third-order valence-electron chi connectivity index (χ3n) is 8.68. The monoisotopic (exact) mass is 584 g/mol. The number of nitrogens with one attached hydrogen (secondary N) is 1. The second-order valence-electron chi connectivity index (χ2n) is 12.0. The molecule has 0 radical (unpaired) electrons. The summed E-state index contributed by atoms with van der Waals surface area (Å²) in [5.74, 6) is -0.815. The Morgan fingerprint density at radius 3 is 2.43 bits per heavy atom. The summed E-state index contributed by atoms with van der Waals surface area (Å²) in [4.78, 5) is 17.2. The van der Waals surface area contributed by atoms with Gasteiger partial charge >= 0.3 is 6.11 Å². The van der Waals surface area contributed by atoms with Crippen molar-refractivity contribution in [3.63, 3.8) is 0 Å². The van der Waals surface area contributed by atoms with Crippen LogP contribution in [0.3, 0.4) is 0 Å². The van der Waals surface area contributed by atoms with Crippen molar-refractivity contribution in [1.82, 2.24) is 19.9 Å². The number of anilines is 3. The minimum atomic E-state index is -3.55. The third kappa shape index (κ3) is 5.75. The van der Waals surface area contributed by atoms with Gasteiger partial charge in [-0.05, 0) is 89.3 Å². The number of alkyl halides is 2. The molecular weight excluding hydrogens is 548 g/mol. The molecule has 7 nitrogen and oxygen atoms in total. The maximum Gasteiger partial charge on any atom is 0.416 e. The number of rotatable bonds is 6. The van der Waals surface area contributed by atoms with Gasteiger partial charge in [-0.1, -0.05) is 18.9 Å². The highest BCUT2D eigenvalue weighted by Crippen LogP contribution is 2.44. The van der Waals surface area contributed by atoms with E-state index in [0.29, 0.717) is 17.7 Å². The Morgan fingerprint density at radius 2 is 1.71 bits per heavy atom. The van der Waals surface area contributed by atoms with Crippen LogP contribution in [0.2, 0.25) is 0 Å². The zero-order valence-corrected chi connectivity index (χ0v) is 24.1. The third-order valence-corrected chi connectivity index (χ3v) is 8.68. The molecule has 1 saturated carbocycles. The van der Waals surface area contributed by atoms with Crippen LogP contribution < -0.4 is 15.0 Å². The smallest absolute Gasteiger partial charge is 0.416 e. The van der Waals surface area contributed by atoms with Crippen LogP contribution in [0.4, 0.5) is 35.0 Å². The van der Waals surface area contributed by atoms with Gasteiger partial charge in [-0.2, -0.15) is 8.78 Å². The molecule has 11 heteroatoms. The van der Waals surface area contributed by atoms with Gasteiger partial charge in [-0.25, -0.2) is 23.7 Å². The molecule has 0 spiro atoms. The molecule has 42 heavy (non-hydrogen) atoms. The topological polar surface area (TPSA) is 66.4 Å². The molecule has 3 aliphatic rings. The van der Waals surface area contributed by atoms with E-state index < -0.39 is 30.0 Å². The number of fused-ring (bicyclic) bond motifs is 1. The first-order valence-corrected chi connectivity index (χ1v) is 14.7. The predicted octanol–water partition coefficient (Wildman–Crippen LogP) is 7.23. The summed E-state index contributed by atoms with van der Waals surface area (Å²) in [5.41, 5.74) is 2.48. The Kier molecular flexibility index (Phi) is 7.72. The molecule has 4 heterocycles. The number of hydrogen-bond acceptors (Lipinski definition) is 7. The number of benzene rings is 1. The molecule has 224 valence electrons. The van der Waals surface area contributed by atoms with Gasteiger partial charge in [0.25, 0.3) is 0 Å². The average Bonchev–Trinajstić information content (AvgIpc) is 3.49. The molecule has 2 fully saturated rings. The quantitative estimate of drug-likeness (QED) is 0.307. The fourth-order valence-electron chi connectivity index (χ4n) is 6.45. The van der Waals surface area contributed by atoms with Gasteiger partial charge in [0.05, 0.1) is 11.9 Å². The first-order chi connectivity index (χ1) is 20.1. The Labute approximate surface area is 243 Å². The Morgan fingerprint density at radius 1 is 0.976 bits per heavy atom. The molecule has 0 amide bonds. The van der Waals surface area contributed by atoms with Crippen LogP contribution in [0.15, 0.2) is 30.5 Å². The molecule has 0 atom stereocenters. The number of piperidine rings is 1. The number of hydrogen-bond donors (Lipinski definition) is 1. The van der Waals surface area contributed by atoms with Gasteiger partial charge in [-0.15, -0.1) is 0 Å². The molecule has 1 saturated heterocycles. The molecule has 2 aromatic heterocycles. The molecule has 2 aliphatic heterocycles. The van der Waals surface area contributed by atoms with Crippen molar-refractivity contribution in [2.75, 3.05) is 36.9 Å². The largest absolute Gasteiger partial charge is 0.426 e. The maximum absolute atomic E-state index is 15.1. The van der Waals surface area contributed by atoms with Crippen molar-refractivity contribution in [2.45, 2.75) is 76.4 Å². The lowest BCUT2D eigenvalue weighted by molar-refractivity contribution is -0.174. The highest BCUT2D eigenvalue weighted by Gasteiger charge is 2.43. The van der Waals surface area contributed by atoms with Gasteiger partial charge < -0.3 is 19.9 Å². The van der Waals surface area contributed by atoms with E-state index in [1.165, 1.54) is 29.4 Å². The SMILES string of the molecule is CC(C)N1CC(F)(F)Oc2c(F)cc(-c3nc(Nc4ccc(C5CCN(C)CC5)c(C5CCCC5)n4)ncc3F)cc21. The van der Waals surface area contributed by atoms with E-state index in [4.69, 9.17) is 4.98 Å². The van der Waals surface area contributed by atoms with Gasteiger partial charge in [0.15, 0.2) is 17.4 Å². The van der Waals surface area contributed by atoms with Gasteiger partial charge in [0.2, 0.25) is 5.95 Å². The molecule has 0 unspecified atom stereocenters. The lowest BCUT2D eigenvalue weighted by atomic mass is 9.85. The van der Waals surface area contributed by atoms with E-state index in [9.17, 15) is 8.78 Å². The van der Waals surface area contributed by atoms with E-state index in [2.05, 4.69) is 38.0 Å². The minimum absolute atomic E-state index is 0.0888. The van der Waals surface area contributed by atoms with Crippen molar-refractivity contribution in [1.29, 1.82) is 0 Å². The number of likely N-dealkylation sites (tertiary alicyclic amines) is 1. The summed E-state index contributed by atoms with van der Waals surface area (Å²) in [7, 11) is 2.15. The number of halogens is 4. The first-order valence-electron chi connectivity index (χ1n) is 14.7. The fourth-order valence-corrected chi connectivity index (χ4v) is 6.45. The van der Waals surface area contributed by atoms with Crippen molar-refractivity contribution in [2.24, 2.45) is 0 Å². The number of nitrogens with zero attached hydrogens (tertiary/aromatic N) is 5. The summed E-state index contributed by atoms with van der Waals surface area (Å²) in [6, 6.07) is 6.07. The summed E-state index contributed by atoms with van der Waals surface area (Å²) in [5, 5.41) is 3.12. The van der Waals surface area contributed by atoms with E-state index >= 15 is 8.78 Å². The molecule has 3 aromatic rings. The van der Waals surface area contributed by atoms with Crippen molar-refractivity contribution in [3.8, 4) is 17.0 Å². The first kappa shape index (κ1) is 28.6. The van der Waals surface area contributed by atoms with Crippen LogP contribution in [0.25, 0.3) is 11.3 Å². The average molecular weight is 585 g/mol. The lowest BCUT2D eigenvalue weighted by Gasteiger charge is -2.38. The molecule has 6 rings (SSSR count). The highest BCUT2D eigenvalue weighted by molar-refractivity contribution is 5.73. The maximum atomic E-state index is 15.1.